The molecule has 0 radical (unpaired) electrons. The molecule has 3 rings (SSSR count). The van der Waals surface area contributed by atoms with Gasteiger partial charge in [-0.25, -0.2) is 0 Å². The number of para-hydroxylation sites is 1. The number of ether oxygens (including phenoxy) is 1. The molecule has 4 nitrogen and oxygen atoms in total. The van der Waals surface area contributed by atoms with Gasteiger partial charge in [0.05, 0.1) is 12.1 Å². The molecule has 0 saturated carbocycles. The van der Waals surface area contributed by atoms with Crippen LogP contribution in [-0.4, -0.2) is 35.0 Å². The molecule has 1 amide bonds. The molecule has 4 heteroatoms. The maximum atomic E-state index is 12.2. The van der Waals surface area contributed by atoms with Crippen LogP contribution in [0.25, 0.3) is 10.9 Å². The van der Waals surface area contributed by atoms with Gasteiger partial charge in [0, 0.05) is 36.7 Å². The number of nitrogens with one attached hydrogen (secondary N) is 1. The number of benzene rings is 1. The lowest BCUT2D eigenvalue weighted by molar-refractivity contribution is -0.129. The number of fused-ring (bicyclic) bond motifs is 1. The summed E-state index contributed by atoms with van der Waals surface area (Å²) in [5.74, 6) is 0.264. The predicted molar refractivity (Wildman–Crippen MR) is 87.7 cm³/mol. The molecule has 1 aliphatic heterocycles. The minimum Gasteiger partial charge on any atom is -0.379 e. The average molecular weight is 300 g/mol. The zero-order chi connectivity index (χ0) is 15.5. The lowest BCUT2D eigenvalue weighted by Gasteiger charge is -2.25. The van der Waals surface area contributed by atoms with Crippen molar-refractivity contribution in [3.05, 3.63) is 36.0 Å². The van der Waals surface area contributed by atoms with Crippen molar-refractivity contribution in [2.24, 2.45) is 0 Å². The van der Waals surface area contributed by atoms with Crippen molar-refractivity contribution in [2.75, 3.05) is 13.2 Å². The minimum absolute atomic E-state index is 0.197. The van der Waals surface area contributed by atoms with Crippen LogP contribution in [0.2, 0.25) is 0 Å². The van der Waals surface area contributed by atoms with Crippen LogP contribution in [-0.2, 0) is 9.53 Å². The van der Waals surface area contributed by atoms with Gasteiger partial charge in [-0.2, -0.15) is 0 Å². The summed E-state index contributed by atoms with van der Waals surface area (Å²) in [6, 6.07) is 8.49. The quantitative estimate of drug-likeness (QED) is 0.828. The third kappa shape index (κ3) is 3.02. The fourth-order valence-corrected chi connectivity index (χ4v) is 3.26. The molecule has 1 fully saturated rings. The first kappa shape index (κ1) is 15.1. The Kier molecular flexibility index (Phi) is 4.48. The van der Waals surface area contributed by atoms with Crippen molar-refractivity contribution < 1.29 is 9.53 Å². The number of H-pyrrole nitrogens is 1. The number of aromatic nitrogens is 1. The van der Waals surface area contributed by atoms with E-state index in [1.165, 1.54) is 10.9 Å². The van der Waals surface area contributed by atoms with E-state index >= 15 is 0 Å². The summed E-state index contributed by atoms with van der Waals surface area (Å²) < 4.78 is 5.59. The largest absolute Gasteiger partial charge is 0.379 e. The van der Waals surface area contributed by atoms with Crippen molar-refractivity contribution in [2.45, 2.75) is 45.3 Å². The van der Waals surface area contributed by atoms with Gasteiger partial charge in [0.15, 0.2) is 0 Å². The van der Waals surface area contributed by atoms with Gasteiger partial charge in [0.2, 0.25) is 5.91 Å². The van der Waals surface area contributed by atoms with E-state index in [9.17, 15) is 4.79 Å². The molecule has 1 saturated heterocycles. The van der Waals surface area contributed by atoms with Gasteiger partial charge in [-0.1, -0.05) is 18.2 Å². The maximum Gasteiger partial charge on any atom is 0.223 e. The summed E-state index contributed by atoms with van der Waals surface area (Å²) in [6.45, 7) is 5.56. The fourth-order valence-electron chi connectivity index (χ4n) is 3.26. The molecular weight excluding hydrogens is 276 g/mol. The molecule has 22 heavy (non-hydrogen) atoms. The monoisotopic (exact) mass is 300 g/mol. The van der Waals surface area contributed by atoms with Crippen molar-refractivity contribution in [1.29, 1.82) is 0 Å². The van der Waals surface area contributed by atoms with Crippen LogP contribution >= 0.6 is 0 Å². The van der Waals surface area contributed by atoms with Crippen molar-refractivity contribution in [3.8, 4) is 0 Å². The molecule has 1 aromatic carbocycles. The standard InChI is InChI=1S/C18H24N2O2/c1-13(2)22-11-5-10-20-17(8-9-18(20)21)15-12-19-16-7-4-3-6-14(15)16/h3-4,6-7,12-13,17,19H,5,8-11H2,1-2H3/t17-/m1/s1. The first-order valence-electron chi connectivity index (χ1n) is 8.14. The van der Waals surface area contributed by atoms with E-state index < -0.39 is 0 Å². The Balaban J connectivity index is 1.73. The Bertz CT molecular complexity index is 647. The maximum absolute atomic E-state index is 12.2. The average Bonchev–Trinajstić information content (AvgIpc) is 3.07. The molecule has 0 spiro atoms. The van der Waals surface area contributed by atoms with E-state index in [0.29, 0.717) is 13.0 Å². The number of nitrogens with zero attached hydrogens (tertiary/aromatic N) is 1. The fraction of sp³-hybridized carbons (Fsp3) is 0.500. The molecule has 1 aliphatic rings. The highest BCUT2D eigenvalue weighted by molar-refractivity contribution is 5.86. The zero-order valence-electron chi connectivity index (χ0n) is 13.3. The Morgan fingerprint density at radius 2 is 2.18 bits per heavy atom. The van der Waals surface area contributed by atoms with Gasteiger partial charge >= 0.3 is 0 Å². The Labute approximate surface area is 131 Å². The van der Waals surface area contributed by atoms with Gasteiger partial charge in [0.1, 0.15) is 0 Å². The van der Waals surface area contributed by atoms with Crippen LogP contribution in [0.3, 0.4) is 0 Å². The summed E-state index contributed by atoms with van der Waals surface area (Å²) in [7, 11) is 0. The minimum atomic E-state index is 0.197. The molecule has 1 aromatic heterocycles. The van der Waals surface area contributed by atoms with Gasteiger partial charge in [-0.15, -0.1) is 0 Å². The highest BCUT2D eigenvalue weighted by Crippen LogP contribution is 2.36. The van der Waals surface area contributed by atoms with Crippen molar-refractivity contribution >= 4 is 16.8 Å². The summed E-state index contributed by atoms with van der Waals surface area (Å²) in [4.78, 5) is 17.6. The first-order valence-corrected chi connectivity index (χ1v) is 8.14. The van der Waals surface area contributed by atoms with Crippen LogP contribution in [0, 0.1) is 0 Å². The van der Waals surface area contributed by atoms with E-state index in [2.05, 4.69) is 29.4 Å². The smallest absolute Gasteiger partial charge is 0.223 e. The lowest BCUT2D eigenvalue weighted by atomic mass is 10.0. The van der Waals surface area contributed by atoms with Gasteiger partial charge in [-0.05, 0) is 38.3 Å². The van der Waals surface area contributed by atoms with Crippen LogP contribution in [0.1, 0.15) is 44.7 Å². The van der Waals surface area contributed by atoms with Crippen LogP contribution in [0.15, 0.2) is 30.5 Å². The molecule has 0 unspecified atom stereocenters. The van der Waals surface area contributed by atoms with Crippen molar-refractivity contribution in [1.82, 2.24) is 9.88 Å². The molecule has 118 valence electrons. The molecular formula is C18H24N2O2. The Morgan fingerprint density at radius 1 is 1.36 bits per heavy atom. The summed E-state index contributed by atoms with van der Waals surface area (Å²) in [5.41, 5.74) is 2.38. The van der Waals surface area contributed by atoms with Crippen LogP contribution < -0.4 is 0 Å². The number of likely N-dealkylation sites (tertiary alicyclic amines) is 1. The second-order valence-corrected chi connectivity index (χ2v) is 6.20. The van der Waals surface area contributed by atoms with Gasteiger partial charge < -0.3 is 14.6 Å². The molecule has 2 aromatic rings. The second-order valence-electron chi connectivity index (χ2n) is 6.20. The number of carbonyl (C=O) groups excluding carboxylic acids is 1. The zero-order valence-corrected chi connectivity index (χ0v) is 13.3. The van der Waals surface area contributed by atoms with Gasteiger partial charge in [0.25, 0.3) is 0 Å². The first-order chi connectivity index (χ1) is 10.7. The highest BCUT2D eigenvalue weighted by Gasteiger charge is 2.32. The second kappa shape index (κ2) is 6.53. The summed E-state index contributed by atoms with van der Waals surface area (Å²) in [6.07, 6.45) is 4.76. The van der Waals surface area contributed by atoms with E-state index in [1.54, 1.807) is 0 Å². The number of rotatable bonds is 6. The summed E-state index contributed by atoms with van der Waals surface area (Å²) >= 11 is 0. The van der Waals surface area contributed by atoms with Gasteiger partial charge in [-0.3, -0.25) is 4.79 Å². The third-order valence-electron chi connectivity index (χ3n) is 4.30. The number of hydrogen-bond donors (Lipinski definition) is 1. The highest BCUT2D eigenvalue weighted by atomic mass is 16.5. The topological polar surface area (TPSA) is 45.3 Å². The Hall–Kier alpha value is -1.81. The van der Waals surface area contributed by atoms with Crippen molar-refractivity contribution in [3.63, 3.8) is 0 Å². The number of aromatic amines is 1. The number of carbonyl (C=O) groups is 1. The molecule has 0 aliphatic carbocycles. The summed E-state index contributed by atoms with van der Waals surface area (Å²) in [5, 5.41) is 1.23. The molecule has 1 atom stereocenters. The number of amides is 1. The van der Waals surface area contributed by atoms with E-state index in [1.807, 2.05) is 24.8 Å². The molecule has 0 bridgehead atoms. The SMILES string of the molecule is CC(C)OCCCN1C(=O)CC[C@@H]1c1c[nH]c2ccccc12. The van der Waals surface area contributed by atoms with E-state index in [-0.39, 0.29) is 18.1 Å². The molecule has 2 heterocycles. The van der Waals surface area contributed by atoms with Crippen LogP contribution in [0.4, 0.5) is 0 Å². The molecule has 1 N–H and O–H groups in total. The number of hydrogen-bond acceptors (Lipinski definition) is 2. The normalized spacial score (nSPS) is 18.8. The lowest BCUT2D eigenvalue weighted by Crippen LogP contribution is -2.29. The van der Waals surface area contributed by atoms with E-state index in [0.717, 1.165) is 24.9 Å². The third-order valence-corrected chi connectivity index (χ3v) is 4.30. The van der Waals surface area contributed by atoms with E-state index in [4.69, 9.17) is 4.74 Å². The van der Waals surface area contributed by atoms with Crippen LogP contribution in [0.5, 0.6) is 0 Å². The Morgan fingerprint density at radius 3 is 3.00 bits per heavy atom. The predicted octanol–water partition coefficient (Wildman–Crippen LogP) is 3.65.